The minimum Gasteiger partial charge on any atom is -0.309 e. The van der Waals surface area contributed by atoms with Crippen molar-refractivity contribution in [3.05, 3.63) is 48.6 Å². The van der Waals surface area contributed by atoms with Crippen LogP contribution in [0.1, 0.15) is 194 Å². The predicted octanol–water partition coefficient (Wildman–Crippen LogP) is 14.4. The second-order valence-electron chi connectivity index (χ2n) is 13.6. The first-order chi connectivity index (χ1) is 21.2. The van der Waals surface area contributed by atoms with Crippen LogP contribution in [-0.2, 0) is 0 Å². The lowest BCUT2D eigenvalue weighted by Gasteiger charge is -2.18. The van der Waals surface area contributed by atoms with E-state index < -0.39 is 0 Å². The Bertz CT molecular complexity index is 625. The second-order valence-corrected chi connectivity index (χ2v) is 13.6. The van der Waals surface area contributed by atoms with Gasteiger partial charge in [-0.2, -0.15) is 0 Å². The molecule has 0 saturated heterocycles. The molecule has 0 saturated carbocycles. The minimum atomic E-state index is 0.968. The van der Waals surface area contributed by atoms with E-state index >= 15 is 0 Å². The Balaban J connectivity index is 3.77. The van der Waals surface area contributed by atoms with Crippen LogP contribution in [0.4, 0.5) is 0 Å². The molecule has 0 aromatic rings. The minimum absolute atomic E-state index is 0.968. The zero-order valence-corrected chi connectivity index (χ0v) is 30.1. The van der Waals surface area contributed by atoms with Crippen LogP contribution in [0.5, 0.6) is 0 Å². The van der Waals surface area contributed by atoms with Gasteiger partial charge in [0, 0.05) is 0 Å². The molecule has 1 nitrogen and oxygen atoms in total. The zero-order valence-electron chi connectivity index (χ0n) is 30.1. The normalized spacial score (nSPS) is 13.2. The summed E-state index contributed by atoms with van der Waals surface area (Å²) in [5.41, 5.74) is 0. The Hall–Kier alpha value is -1.08. The molecule has 0 spiro atoms. The van der Waals surface area contributed by atoms with Crippen molar-refractivity contribution in [1.82, 2.24) is 4.90 Å². The molecule has 0 rings (SSSR count). The fourth-order valence-electron chi connectivity index (χ4n) is 5.97. The summed E-state index contributed by atoms with van der Waals surface area (Å²) in [4.78, 5) is 2.36. The summed E-state index contributed by atoms with van der Waals surface area (Å²) in [6.07, 6.45) is 57.3. The van der Waals surface area contributed by atoms with E-state index in [2.05, 4.69) is 81.5 Å². The molecule has 252 valence electrons. The standard InChI is InChI=1S/C42H79N/c1-5-7-9-11-13-15-17-19-21-22-24-26-28-30-32-34-36-39-42(40-37-41-43(3)4)38-35-33-31-29-27-25-23-20-18-16-14-12-10-8-6-2/h13-16,19-21,23,42H,5-12,17-18,22,24-41H2,1-4H3/b15-13-,16-14-,21-19-,23-20-. The number of hydrogen-bond acceptors (Lipinski definition) is 1. The monoisotopic (exact) mass is 598 g/mol. The maximum atomic E-state index is 2.41. The van der Waals surface area contributed by atoms with E-state index in [-0.39, 0.29) is 0 Å². The number of nitrogens with zero attached hydrogens (tertiary/aromatic N) is 1. The first-order valence-electron chi connectivity index (χ1n) is 19.4. The zero-order chi connectivity index (χ0) is 31.3. The topological polar surface area (TPSA) is 3.24 Å². The third kappa shape index (κ3) is 37.0. The van der Waals surface area contributed by atoms with E-state index in [9.17, 15) is 0 Å². The van der Waals surface area contributed by atoms with Gasteiger partial charge < -0.3 is 4.90 Å². The second kappa shape index (κ2) is 37.1. The predicted molar refractivity (Wildman–Crippen MR) is 199 cm³/mol. The molecule has 0 fully saturated rings. The first kappa shape index (κ1) is 41.9. The fourth-order valence-corrected chi connectivity index (χ4v) is 5.97. The van der Waals surface area contributed by atoms with Gasteiger partial charge in [0.2, 0.25) is 0 Å². The molecule has 0 bridgehead atoms. The maximum absolute atomic E-state index is 2.41. The summed E-state index contributed by atoms with van der Waals surface area (Å²) in [5.74, 6) is 0.968. The quantitative estimate of drug-likeness (QED) is 0.0527. The van der Waals surface area contributed by atoms with Crippen molar-refractivity contribution in [1.29, 1.82) is 0 Å². The van der Waals surface area contributed by atoms with Gasteiger partial charge in [0.1, 0.15) is 0 Å². The van der Waals surface area contributed by atoms with E-state index in [0.717, 1.165) is 18.8 Å². The highest BCUT2D eigenvalue weighted by atomic mass is 15.0. The van der Waals surface area contributed by atoms with E-state index in [4.69, 9.17) is 0 Å². The third-order valence-electron chi connectivity index (χ3n) is 8.84. The molecule has 0 heterocycles. The van der Waals surface area contributed by atoms with Crippen molar-refractivity contribution in [2.24, 2.45) is 5.92 Å². The van der Waals surface area contributed by atoms with Crippen molar-refractivity contribution < 1.29 is 0 Å². The van der Waals surface area contributed by atoms with Crippen LogP contribution in [0.2, 0.25) is 0 Å². The molecule has 1 unspecified atom stereocenters. The van der Waals surface area contributed by atoms with Crippen LogP contribution in [-0.4, -0.2) is 25.5 Å². The van der Waals surface area contributed by atoms with Gasteiger partial charge >= 0.3 is 0 Å². The van der Waals surface area contributed by atoms with Gasteiger partial charge in [-0.25, -0.2) is 0 Å². The molecular formula is C42H79N. The fraction of sp³-hybridized carbons (Fsp3) is 0.810. The lowest BCUT2D eigenvalue weighted by atomic mass is 9.90. The van der Waals surface area contributed by atoms with E-state index in [0.29, 0.717) is 0 Å². The van der Waals surface area contributed by atoms with Gasteiger partial charge in [0.15, 0.2) is 0 Å². The van der Waals surface area contributed by atoms with Crippen LogP contribution < -0.4 is 0 Å². The molecule has 0 aliphatic heterocycles. The molecule has 0 aromatic heterocycles. The summed E-state index contributed by atoms with van der Waals surface area (Å²) in [6, 6.07) is 0. The lowest BCUT2D eigenvalue weighted by Crippen LogP contribution is -2.14. The summed E-state index contributed by atoms with van der Waals surface area (Å²) in [7, 11) is 4.44. The summed E-state index contributed by atoms with van der Waals surface area (Å²) >= 11 is 0. The molecule has 43 heavy (non-hydrogen) atoms. The van der Waals surface area contributed by atoms with Crippen LogP contribution in [0.15, 0.2) is 48.6 Å². The van der Waals surface area contributed by atoms with Crippen LogP contribution >= 0.6 is 0 Å². The van der Waals surface area contributed by atoms with Crippen molar-refractivity contribution in [3.63, 3.8) is 0 Å². The molecule has 1 atom stereocenters. The Morgan fingerprint density at radius 1 is 0.372 bits per heavy atom. The van der Waals surface area contributed by atoms with Gasteiger partial charge in [0.25, 0.3) is 0 Å². The smallest absolute Gasteiger partial charge is 0.00247 e. The van der Waals surface area contributed by atoms with Crippen molar-refractivity contribution in [2.75, 3.05) is 20.6 Å². The largest absolute Gasteiger partial charge is 0.309 e. The Morgan fingerprint density at radius 3 is 1.07 bits per heavy atom. The summed E-state index contributed by atoms with van der Waals surface area (Å²) in [6.45, 7) is 5.80. The molecule has 0 amide bonds. The number of rotatable bonds is 34. The van der Waals surface area contributed by atoms with Crippen molar-refractivity contribution in [2.45, 2.75) is 194 Å². The lowest BCUT2D eigenvalue weighted by molar-refractivity contribution is 0.332. The van der Waals surface area contributed by atoms with Crippen LogP contribution in [0.3, 0.4) is 0 Å². The molecule has 1 heteroatoms. The van der Waals surface area contributed by atoms with Crippen LogP contribution in [0, 0.1) is 5.92 Å². The molecular weight excluding hydrogens is 518 g/mol. The van der Waals surface area contributed by atoms with Gasteiger partial charge in [-0.3, -0.25) is 0 Å². The van der Waals surface area contributed by atoms with E-state index in [1.54, 1.807) is 0 Å². The SMILES string of the molecule is CCCCC/C=C\C/C=C\CCCCCCCCCC(CCCCCCC/C=C\C/C=C\CCCCC)CCCN(C)C. The highest BCUT2D eigenvalue weighted by Crippen LogP contribution is 2.23. The Morgan fingerprint density at radius 2 is 0.698 bits per heavy atom. The van der Waals surface area contributed by atoms with Gasteiger partial charge in [0.05, 0.1) is 0 Å². The molecule has 0 aromatic carbocycles. The van der Waals surface area contributed by atoms with E-state index in [1.807, 2.05) is 0 Å². The third-order valence-corrected chi connectivity index (χ3v) is 8.84. The molecule has 0 radical (unpaired) electrons. The number of unbranched alkanes of at least 4 members (excludes halogenated alkanes) is 18. The first-order valence-corrected chi connectivity index (χ1v) is 19.4. The Labute approximate surface area is 273 Å². The summed E-state index contributed by atoms with van der Waals surface area (Å²) in [5, 5.41) is 0. The number of hydrogen-bond donors (Lipinski definition) is 0. The van der Waals surface area contributed by atoms with Crippen molar-refractivity contribution in [3.8, 4) is 0 Å². The summed E-state index contributed by atoms with van der Waals surface area (Å²) < 4.78 is 0. The molecule has 0 aliphatic rings. The maximum Gasteiger partial charge on any atom is -0.00247 e. The van der Waals surface area contributed by atoms with E-state index in [1.165, 1.54) is 173 Å². The highest BCUT2D eigenvalue weighted by Gasteiger charge is 2.09. The molecule has 0 aliphatic carbocycles. The van der Waals surface area contributed by atoms with Gasteiger partial charge in [-0.1, -0.05) is 165 Å². The van der Waals surface area contributed by atoms with Crippen LogP contribution in [0.25, 0.3) is 0 Å². The number of allylic oxidation sites excluding steroid dienone is 8. The average molecular weight is 598 g/mol. The Kier molecular flexibility index (Phi) is 36.2. The molecule has 0 N–H and O–H groups in total. The average Bonchev–Trinajstić information content (AvgIpc) is 3.00. The van der Waals surface area contributed by atoms with Gasteiger partial charge in [-0.05, 0) is 104 Å². The van der Waals surface area contributed by atoms with Crippen molar-refractivity contribution >= 4 is 0 Å². The highest BCUT2D eigenvalue weighted by molar-refractivity contribution is 4.93. The van der Waals surface area contributed by atoms with Gasteiger partial charge in [-0.15, -0.1) is 0 Å².